The minimum absolute atomic E-state index is 0. The van der Waals surface area contributed by atoms with Crippen LogP contribution in [0.2, 0.25) is 0 Å². The number of nitrogens with one attached hydrogen (secondary N) is 2. The zero-order valence-electron chi connectivity index (χ0n) is 12.7. The molecule has 0 saturated carbocycles. The number of carbonyl (C=O) groups is 2. The Balaban J connectivity index is -0.00000144. The summed E-state index contributed by atoms with van der Waals surface area (Å²) in [7, 11) is 0. The Morgan fingerprint density at radius 2 is 1.05 bits per heavy atom. The second kappa shape index (κ2) is 11.6. The molecule has 0 aromatic rings. The third kappa shape index (κ3) is 8.81. The van der Waals surface area contributed by atoms with Crippen molar-refractivity contribution < 1.29 is 20.5 Å². The zero-order valence-corrected chi connectivity index (χ0v) is 12.7. The van der Waals surface area contributed by atoms with E-state index in [2.05, 4.69) is 10.6 Å². The predicted molar refractivity (Wildman–Crippen MR) is 78.9 cm³/mol. The molecule has 2 atom stereocenters. The van der Waals surface area contributed by atoms with E-state index in [0.717, 1.165) is 0 Å². The van der Waals surface area contributed by atoms with Gasteiger partial charge in [0.15, 0.2) is 0 Å². The van der Waals surface area contributed by atoms with Gasteiger partial charge in [-0.3, -0.25) is 9.59 Å². The van der Waals surface area contributed by atoms with Crippen LogP contribution in [0.25, 0.3) is 0 Å². The Hall–Kier alpha value is -1.22. The van der Waals surface area contributed by atoms with Crippen LogP contribution in [0.3, 0.4) is 0 Å². The molecule has 0 radical (unpaired) electrons. The van der Waals surface area contributed by atoms with E-state index < -0.39 is 12.1 Å². The van der Waals surface area contributed by atoms with Gasteiger partial charge in [-0.15, -0.1) is 0 Å². The minimum atomic E-state index is -0.515. The number of rotatable bonds is 7. The van der Waals surface area contributed by atoms with Gasteiger partial charge in [-0.25, -0.2) is 0 Å². The van der Waals surface area contributed by atoms with Gasteiger partial charge in [0.05, 0.1) is 12.1 Å². The molecule has 0 unspecified atom stereocenters. The van der Waals surface area contributed by atoms with Crippen molar-refractivity contribution in [2.24, 2.45) is 23.3 Å². The highest BCUT2D eigenvalue weighted by Crippen LogP contribution is 1.98. The van der Waals surface area contributed by atoms with Crippen molar-refractivity contribution >= 4 is 11.8 Å². The maximum absolute atomic E-state index is 11.5. The molecule has 0 aromatic carbocycles. The topological polar surface area (TPSA) is 173 Å². The molecule has 0 aliphatic carbocycles. The molecule has 0 aliphatic rings. The molecule has 8 nitrogen and oxygen atoms in total. The zero-order chi connectivity index (χ0) is 14.3. The van der Waals surface area contributed by atoms with E-state index in [-0.39, 0.29) is 34.6 Å². The standard InChI is InChI=1S/C12H26N4O2.2H2O/c1-7(2)9(13)11(17)15-5-6-16-12(18)10(14)8(3)4;;/h7-10H,5-6,13-14H2,1-4H3,(H,15,17)(H,16,18);2*1H2/t9-,10-;;/m0../s1. The molecule has 0 aromatic heterocycles. The van der Waals surface area contributed by atoms with Gasteiger partial charge in [0.1, 0.15) is 0 Å². The monoisotopic (exact) mass is 294 g/mol. The van der Waals surface area contributed by atoms with Crippen LogP contribution in [0.4, 0.5) is 0 Å². The van der Waals surface area contributed by atoms with Gasteiger partial charge >= 0.3 is 0 Å². The fourth-order valence-corrected chi connectivity index (χ4v) is 1.21. The second-order valence-corrected chi connectivity index (χ2v) is 5.12. The second-order valence-electron chi connectivity index (χ2n) is 5.12. The average molecular weight is 294 g/mol. The Kier molecular flexibility index (Phi) is 13.8. The number of amides is 2. The van der Waals surface area contributed by atoms with Gasteiger partial charge in [-0.2, -0.15) is 0 Å². The summed E-state index contributed by atoms with van der Waals surface area (Å²) in [5, 5.41) is 5.34. The lowest BCUT2D eigenvalue weighted by atomic mass is 10.0. The summed E-state index contributed by atoms with van der Waals surface area (Å²) < 4.78 is 0. The fourth-order valence-electron chi connectivity index (χ4n) is 1.21. The quantitative estimate of drug-likeness (QED) is 0.381. The largest absolute Gasteiger partial charge is 0.412 e. The van der Waals surface area contributed by atoms with Crippen LogP contribution in [-0.2, 0) is 9.59 Å². The first-order valence-electron chi connectivity index (χ1n) is 6.34. The van der Waals surface area contributed by atoms with Gasteiger partial charge in [0, 0.05) is 13.1 Å². The highest BCUT2D eigenvalue weighted by molar-refractivity contribution is 5.82. The summed E-state index contributed by atoms with van der Waals surface area (Å²) in [6, 6.07) is -1.03. The van der Waals surface area contributed by atoms with Gasteiger partial charge in [-0.05, 0) is 11.8 Å². The molecule has 0 rings (SSSR count). The molecular weight excluding hydrogens is 264 g/mol. The minimum Gasteiger partial charge on any atom is -0.412 e. The summed E-state index contributed by atoms with van der Waals surface area (Å²) in [4.78, 5) is 23.0. The van der Waals surface area contributed by atoms with Gasteiger partial charge in [0.2, 0.25) is 11.8 Å². The lowest BCUT2D eigenvalue weighted by molar-refractivity contribution is -0.125. The van der Waals surface area contributed by atoms with Crippen molar-refractivity contribution in [3.63, 3.8) is 0 Å². The SMILES string of the molecule is CC(C)[C@H](N)C(=O)NCCNC(=O)[C@@H](N)C(C)C.O.O. The van der Waals surface area contributed by atoms with Crippen LogP contribution in [-0.4, -0.2) is 47.9 Å². The Bertz CT molecular complexity index is 257. The molecule has 2 amide bonds. The lowest BCUT2D eigenvalue weighted by Gasteiger charge is -2.17. The van der Waals surface area contributed by atoms with Crippen LogP contribution < -0.4 is 22.1 Å². The maximum Gasteiger partial charge on any atom is 0.237 e. The summed E-state index contributed by atoms with van der Waals surface area (Å²) >= 11 is 0. The fraction of sp³-hybridized carbons (Fsp3) is 0.833. The van der Waals surface area contributed by atoms with E-state index in [1.165, 1.54) is 0 Å². The van der Waals surface area contributed by atoms with E-state index in [1.54, 1.807) is 0 Å². The molecule has 122 valence electrons. The Labute approximate surface area is 120 Å². The molecular formula is C12H30N4O4. The number of carbonyl (C=O) groups excluding carboxylic acids is 2. The third-order valence-electron chi connectivity index (χ3n) is 2.77. The van der Waals surface area contributed by atoms with Crippen LogP contribution in [0.1, 0.15) is 27.7 Å². The number of hydrogen-bond acceptors (Lipinski definition) is 4. The molecule has 10 N–H and O–H groups in total. The molecule has 20 heavy (non-hydrogen) atoms. The first-order chi connectivity index (χ1) is 8.27. The van der Waals surface area contributed by atoms with Crippen molar-refractivity contribution in [1.82, 2.24) is 10.6 Å². The van der Waals surface area contributed by atoms with Crippen molar-refractivity contribution in [3.05, 3.63) is 0 Å². The molecule has 0 aliphatic heterocycles. The molecule has 0 bridgehead atoms. The average Bonchev–Trinajstić information content (AvgIpc) is 2.31. The summed E-state index contributed by atoms with van der Waals surface area (Å²) in [6.07, 6.45) is 0. The first-order valence-corrected chi connectivity index (χ1v) is 6.34. The van der Waals surface area contributed by atoms with Crippen LogP contribution in [0.15, 0.2) is 0 Å². The van der Waals surface area contributed by atoms with Gasteiger partial charge < -0.3 is 33.1 Å². The van der Waals surface area contributed by atoms with Crippen molar-refractivity contribution in [3.8, 4) is 0 Å². The van der Waals surface area contributed by atoms with Gasteiger partial charge in [0.25, 0.3) is 0 Å². The van der Waals surface area contributed by atoms with E-state index in [9.17, 15) is 9.59 Å². The number of nitrogens with two attached hydrogens (primary N) is 2. The predicted octanol–water partition coefficient (Wildman–Crippen LogP) is -2.46. The van der Waals surface area contributed by atoms with E-state index in [1.807, 2.05) is 27.7 Å². The van der Waals surface area contributed by atoms with E-state index in [0.29, 0.717) is 13.1 Å². The summed E-state index contributed by atoms with van der Waals surface area (Å²) in [5.74, 6) is -0.220. The maximum atomic E-state index is 11.5. The Morgan fingerprint density at radius 3 is 1.25 bits per heavy atom. The first kappa shape index (κ1) is 23.8. The number of hydrogen-bond donors (Lipinski definition) is 4. The highest BCUT2D eigenvalue weighted by Gasteiger charge is 2.18. The lowest BCUT2D eigenvalue weighted by Crippen LogP contribution is -2.48. The van der Waals surface area contributed by atoms with E-state index in [4.69, 9.17) is 11.5 Å². The third-order valence-corrected chi connectivity index (χ3v) is 2.77. The molecule has 0 fully saturated rings. The van der Waals surface area contributed by atoms with Crippen molar-refractivity contribution in [2.45, 2.75) is 39.8 Å². The summed E-state index contributed by atoms with van der Waals surface area (Å²) in [6.45, 7) is 8.24. The van der Waals surface area contributed by atoms with Crippen molar-refractivity contribution in [2.75, 3.05) is 13.1 Å². The molecule has 0 heterocycles. The van der Waals surface area contributed by atoms with Crippen LogP contribution in [0.5, 0.6) is 0 Å². The van der Waals surface area contributed by atoms with Crippen LogP contribution >= 0.6 is 0 Å². The summed E-state index contributed by atoms with van der Waals surface area (Å²) in [5.41, 5.74) is 11.3. The molecule has 0 saturated heterocycles. The Morgan fingerprint density at radius 1 is 0.800 bits per heavy atom. The van der Waals surface area contributed by atoms with Gasteiger partial charge in [-0.1, -0.05) is 27.7 Å². The highest BCUT2D eigenvalue weighted by atomic mass is 16.2. The molecule has 0 spiro atoms. The van der Waals surface area contributed by atoms with E-state index >= 15 is 0 Å². The molecule has 8 heteroatoms. The smallest absolute Gasteiger partial charge is 0.237 e. The van der Waals surface area contributed by atoms with Crippen molar-refractivity contribution in [1.29, 1.82) is 0 Å². The normalized spacial score (nSPS) is 13.0. The van der Waals surface area contributed by atoms with Crippen LogP contribution in [0, 0.1) is 11.8 Å².